The number of rotatable bonds is 0. The third-order valence-electron chi connectivity index (χ3n) is 0.445. The third-order valence-corrected chi connectivity index (χ3v) is 0.445. The van der Waals surface area contributed by atoms with E-state index in [0.717, 1.165) is 0 Å². The second-order valence-corrected chi connectivity index (χ2v) is 1.22. The first-order chi connectivity index (χ1) is 4.15. The van der Waals surface area contributed by atoms with Crippen molar-refractivity contribution in [1.82, 2.24) is 5.12 Å². The van der Waals surface area contributed by atoms with Gasteiger partial charge in [-0.1, -0.05) is 0 Å². The second-order valence-electron chi connectivity index (χ2n) is 1.22. The molecule has 62 valence electrons. The molecule has 8 heteroatoms. The van der Waals surface area contributed by atoms with Crippen LogP contribution in [0.2, 0.25) is 0 Å². The molecule has 1 nitrogen and oxygen atoms in total. The van der Waals surface area contributed by atoms with E-state index in [4.69, 9.17) is 0 Å². The number of hydrogen-bond acceptors (Lipinski definition) is 1. The minimum absolute atomic E-state index is 3.12. The number of hydrogen-bond donors (Lipinski definition) is 0. The van der Waals surface area contributed by atoms with E-state index in [0.29, 0.717) is 0 Å². The lowest BCUT2D eigenvalue weighted by atomic mass is 11.0. The average molecular weight is 171 g/mol. The molecule has 0 bridgehead atoms. The third kappa shape index (κ3) is 2.38. The Morgan fingerprint density at radius 2 is 0.900 bits per heavy atom. The monoisotopic (exact) mass is 171 g/mol. The van der Waals surface area contributed by atoms with Crippen LogP contribution in [0.1, 0.15) is 0 Å². The van der Waals surface area contributed by atoms with Gasteiger partial charge >= 0.3 is 12.6 Å². The lowest BCUT2D eigenvalue weighted by molar-refractivity contribution is -0.436. The molecule has 0 unspecified atom stereocenters. The van der Waals surface area contributed by atoms with Crippen molar-refractivity contribution in [2.75, 3.05) is 0 Å². The van der Waals surface area contributed by atoms with Crippen molar-refractivity contribution in [3.63, 3.8) is 0 Å². The Kier molecular flexibility index (Phi) is 2.14. The van der Waals surface area contributed by atoms with Crippen LogP contribution in [0, 0.1) is 0 Å². The molecule has 0 saturated heterocycles. The van der Waals surface area contributed by atoms with Gasteiger partial charge in [0.1, 0.15) is 0 Å². The van der Waals surface area contributed by atoms with Crippen LogP contribution in [-0.4, -0.2) is 17.7 Å². The van der Waals surface area contributed by atoms with Crippen LogP contribution >= 0.6 is 0 Å². The molecular formula is C2F7N. The van der Waals surface area contributed by atoms with Gasteiger partial charge in [-0.25, -0.2) is 0 Å². The molecule has 10 heavy (non-hydrogen) atoms. The molecule has 0 N–H and O–H groups in total. The maximum absolute atomic E-state index is 11.0. The predicted octanol–water partition coefficient (Wildman–Crippen LogP) is 2.21. The summed E-state index contributed by atoms with van der Waals surface area (Å²) in [5.41, 5.74) is 0. The minimum Gasteiger partial charge on any atom is -0.153 e. The van der Waals surface area contributed by atoms with Crippen molar-refractivity contribution >= 4 is 0 Å². The number of alkyl halides is 6. The van der Waals surface area contributed by atoms with Gasteiger partial charge in [0.15, 0.2) is 0 Å². The standard InChI is InChI=1S/C2F7N/c3-1(4,5)10(9)2(6,7)8. The van der Waals surface area contributed by atoms with E-state index in [9.17, 15) is 30.8 Å². The zero-order valence-electron chi connectivity index (χ0n) is 4.09. The summed E-state index contributed by atoms with van der Waals surface area (Å²) < 4.78 is 75.7. The lowest BCUT2D eigenvalue weighted by Crippen LogP contribution is -2.41. The van der Waals surface area contributed by atoms with E-state index in [1.165, 1.54) is 0 Å². The van der Waals surface area contributed by atoms with Gasteiger partial charge in [-0.15, -0.1) is 4.48 Å². The summed E-state index contributed by atoms with van der Waals surface area (Å²) >= 11 is 0. The zero-order valence-corrected chi connectivity index (χ0v) is 4.09. The molecule has 0 aromatic rings. The molecule has 0 heterocycles. The molecule has 0 aliphatic carbocycles. The van der Waals surface area contributed by atoms with E-state index in [1.807, 2.05) is 0 Å². The highest BCUT2D eigenvalue weighted by Gasteiger charge is 2.55. The number of nitrogens with zero attached hydrogens (tertiary/aromatic N) is 1. The first-order valence-electron chi connectivity index (χ1n) is 1.75. The Labute approximate surface area is 50.0 Å². The second kappa shape index (κ2) is 2.26. The Balaban J connectivity index is 4.23. The smallest absolute Gasteiger partial charge is 0.153 e. The van der Waals surface area contributed by atoms with Crippen molar-refractivity contribution in [3.05, 3.63) is 0 Å². The SMILES string of the molecule is FN(C(F)(F)F)C(F)(F)F. The van der Waals surface area contributed by atoms with E-state index >= 15 is 0 Å². The molecule has 0 aromatic carbocycles. The molecule has 0 aliphatic rings. The van der Waals surface area contributed by atoms with E-state index < -0.39 is 17.7 Å². The van der Waals surface area contributed by atoms with Gasteiger partial charge in [-0.2, -0.15) is 26.3 Å². The minimum atomic E-state index is -6.02. The van der Waals surface area contributed by atoms with Crippen LogP contribution in [-0.2, 0) is 0 Å². The number of halogens is 7. The Hall–Kier alpha value is -0.530. The summed E-state index contributed by atoms with van der Waals surface area (Å²) in [6.07, 6.45) is -12.0. The van der Waals surface area contributed by atoms with Crippen LogP contribution < -0.4 is 0 Å². The fourth-order valence-corrected chi connectivity index (χ4v) is 0.144. The van der Waals surface area contributed by atoms with Crippen molar-refractivity contribution < 1.29 is 30.8 Å². The topological polar surface area (TPSA) is 3.24 Å². The Bertz CT molecular complexity index is 95.8. The molecule has 0 aromatic heterocycles. The fourth-order valence-electron chi connectivity index (χ4n) is 0.144. The van der Waals surface area contributed by atoms with Crippen molar-refractivity contribution in [3.8, 4) is 0 Å². The Morgan fingerprint density at radius 3 is 0.900 bits per heavy atom. The lowest BCUT2D eigenvalue weighted by Gasteiger charge is -2.16. The van der Waals surface area contributed by atoms with Gasteiger partial charge in [-0.3, -0.25) is 0 Å². The molecule has 0 radical (unpaired) electrons. The molecule has 0 saturated carbocycles. The van der Waals surface area contributed by atoms with E-state index in [-0.39, 0.29) is 0 Å². The molecule has 0 amide bonds. The molecule has 0 rings (SSSR count). The first-order valence-corrected chi connectivity index (χ1v) is 1.75. The molecule has 0 spiro atoms. The van der Waals surface area contributed by atoms with Crippen molar-refractivity contribution in [2.24, 2.45) is 0 Å². The van der Waals surface area contributed by atoms with E-state index in [1.54, 1.807) is 0 Å². The normalized spacial score (nSPS) is 14.4. The van der Waals surface area contributed by atoms with Gasteiger partial charge in [0.05, 0.1) is 0 Å². The highest BCUT2D eigenvalue weighted by molar-refractivity contribution is 4.48. The van der Waals surface area contributed by atoms with Gasteiger partial charge < -0.3 is 0 Å². The van der Waals surface area contributed by atoms with Crippen LogP contribution in [0.25, 0.3) is 0 Å². The van der Waals surface area contributed by atoms with Crippen LogP contribution in [0.5, 0.6) is 0 Å². The van der Waals surface area contributed by atoms with E-state index in [2.05, 4.69) is 0 Å². The average Bonchev–Trinajstić information content (AvgIpc) is 1.59. The molecular weight excluding hydrogens is 171 g/mol. The van der Waals surface area contributed by atoms with Crippen molar-refractivity contribution in [1.29, 1.82) is 0 Å². The predicted molar refractivity (Wildman–Crippen MR) is 15.1 cm³/mol. The Morgan fingerprint density at radius 1 is 0.700 bits per heavy atom. The van der Waals surface area contributed by atoms with Gasteiger partial charge in [-0.05, 0) is 0 Å². The summed E-state index contributed by atoms with van der Waals surface area (Å²) in [5, 5.41) is -3.12. The van der Waals surface area contributed by atoms with Crippen LogP contribution in [0.3, 0.4) is 0 Å². The summed E-state index contributed by atoms with van der Waals surface area (Å²) in [7, 11) is 0. The highest BCUT2D eigenvalue weighted by Crippen LogP contribution is 2.33. The first kappa shape index (κ1) is 9.47. The molecule has 0 aliphatic heterocycles. The van der Waals surface area contributed by atoms with Gasteiger partial charge in [0, 0.05) is 5.12 Å². The zero-order chi connectivity index (χ0) is 8.58. The van der Waals surface area contributed by atoms with Gasteiger partial charge in [0.2, 0.25) is 0 Å². The summed E-state index contributed by atoms with van der Waals surface area (Å²) in [5.74, 6) is 0. The maximum Gasteiger partial charge on any atom is 0.494 e. The largest absolute Gasteiger partial charge is 0.494 e. The quantitative estimate of drug-likeness (QED) is 0.307. The van der Waals surface area contributed by atoms with Gasteiger partial charge in [0.25, 0.3) is 0 Å². The van der Waals surface area contributed by atoms with Crippen molar-refractivity contribution in [2.45, 2.75) is 12.6 Å². The van der Waals surface area contributed by atoms with Crippen LogP contribution in [0.15, 0.2) is 0 Å². The van der Waals surface area contributed by atoms with Crippen LogP contribution in [0.4, 0.5) is 30.8 Å². The highest BCUT2D eigenvalue weighted by atomic mass is 19.4. The molecule has 0 atom stereocenters. The fraction of sp³-hybridized carbons (Fsp3) is 1.00. The summed E-state index contributed by atoms with van der Waals surface area (Å²) in [6.45, 7) is 0. The maximum atomic E-state index is 11.0. The summed E-state index contributed by atoms with van der Waals surface area (Å²) in [4.78, 5) is 0. The molecule has 0 fully saturated rings. The summed E-state index contributed by atoms with van der Waals surface area (Å²) in [6, 6.07) is 0.